The number of ether oxygens (including phenoxy) is 3. The smallest absolute Gasteiger partial charge is 0.330 e. The third-order valence-corrected chi connectivity index (χ3v) is 4.13. The summed E-state index contributed by atoms with van der Waals surface area (Å²) in [5.74, 6) is -1.48. The maximum absolute atomic E-state index is 11.8. The number of carbonyl (C=O) groups excluding carboxylic acids is 1. The van der Waals surface area contributed by atoms with Crippen LogP contribution in [0.1, 0.15) is 5.56 Å². The van der Waals surface area contributed by atoms with Crippen LogP contribution in [0.25, 0.3) is 6.08 Å². The summed E-state index contributed by atoms with van der Waals surface area (Å²) in [5.41, 5.74) is 0.417. The Balaban J connectivity index is 1.90. The van der Waals surface area contributed by atoms with Crippen molar-refractivity contribution in [2.45, 2.75) is 36.8 Å². The molecule has 0 radical (unpaired) electrons. The number of rotatable bonds is 8. The molecule has 1 aromatic carbocycles. The lowest BCUT2D eigenvalue weighted by molar-refractivity contribution is -0.305. The molecule has 1 heterocycles. The van der Waals surface area contributed by atoms with Crippen LogP contribution >= 0.6 is 0 Å². The van der Waals surface area contributed by atoms with E-state index in [9.17, 15) is 35.4 Å². The zero-order valence-electron chi connectivity index (χ0n) is 15.2. The van der Waals surface area contributed by atoms with E-state index >= 15 is 0 Å². The van der Waals surface area contributed by atoms with Gasteiger partial charge >= 0.3 is 5.97 Å². The van der Waals surface area contributed by atoms with Gasteiger partial charge in [0.15, 0.2) is 17.8 Å². The van der Waals surface area contributed by atoms with Gasteiger partial charge in [-0.3, -0.25) is 0 Å². The van der Waals surface area contributed by atoms with E-state index in [1.165, 1.54) is 24.3 Å². The van der Waals surface area contributed by atoms with Gasteiger partial charge in [0.2, 0.25) is 0 Å². The minimum Gasteiger partial charge on any atom is -0.504 e. The quantitative estimate of drug-likeness (QED) is 0.139. The van der Waals surface area contributed by atoms with Gasteiger partial charge < -0.3 is 50.0 Å². The van der Waals surface area contributed by atoms with Crippen molar-refractivity contribution in [3.05, 3.63) is 29.8 Å². The highest BCUT2D eigenvalue weighted by Gasteiger charge is 2.44. The summed E-state index contributed by atoms with van der Waals surface area (Å²) in [7, 11) is 0. The first-order valence-corrected chi connectivity index (χ1v) is 8.70. The van der Waals surface area contributed by atoms with E-state index in [1.54, 1.807) is 0 Å². The molecular formula is C18H24O11. The summed E-state index contributed by atoms with van der Waals surface area (Å²) in [6, 6.07) is 3.92. The molecule has 1 aliphatic rings. The fraction of sp³-hybridized carbons (Fsp3) is 0.500. The molecule has 1 saturated heterocycles. The first kappa shape index (κ1) is 23.0. The van der Waals surface area contributed by atoms with Crippen LogP contribution < -0.4 is 0 Å². The number of aliphatic hydroxyl groups excluding tert-OH is 5. The summed E-state index contributed by atoms with van der Waals surface area (Å²) in [5, 5.41) is 66.5. The van der Waals surface area contributed by atoms with E-state index in [0.717, 1.165) is 6.08 Å². The van der Waals surface area contributed by atoms with Crippen molar-refractivity contribution in [2.75, 3.05) is 19.8 Å². The highest BCUT2D eigenvalue weighted by Crippen LogP contribution is 2.25. The predicted molar refractivity (Wildman–Crippen MR) is 95.5 cm³/mol. The van der Waals surface area contributed by atoms with Crippen LogP contribution in [0.2, 0.25) is 0 Å². The number of carbonyl (C=O) groups is 1. The van der Waals surface area contributed by atoms with Gasteiger partial charge in [-0.25, -0.2) is 4.79 Å². The summed E-state index contributed by atoms with van der Waals surface area (Å²) < 4.78 is 15.3. The zero-order valence-corrected chi connectivity index (χ0v) is 15.2. The number of esters is 1. The lowest BCUT2D eigenvalue weighted by atomic mass is 9.99. The Hall–Kier alpha value is -2.25. The average Bonchev–Trinajstić information content (AvgIpc) is 2.71. The van der Waals surface area contributed by atoms with Crippen LogP contribution in [0.4, 0.5) is 0 Å². The van der Waals surface area contributed by atoms with Crippen molar-refractivity contribution in [3.63, 3.8) is 0 Å². The summed E-state index contributed by atoms with van der Waals surface area (Å²) in [6.07, 6.45) is -6.36. The maximum atomic E-state index is 11.8. The van der Waals surface area contributed by atoms with Crippen molar-refractivity contribution in [3.8, 4) is 11.5 Å². The molecule has 11 nitrogen and oxygen atoms in total. The molecule has 0 bridgehead atoms. The van der Waals surface area contributed by atoms with Crippen LogP contribution in [-0.4, -0.2) is 98.3 Å². The molecular weight excluding hydrogens is 392 g/mol. The molecule has 1 aromatic rings. The first-order chi connectivity index (χ1) is 13.7. The topological polar surface area (TPSA) is 186 Å². The minimum absolute atomic E-state index is 0.308. The Morgan fingerprint density at radius 3 is 2.52 bits per heavy atom. The average molecular weight is 416 g/mol. The molecule has 1 fully saturated rings. The van der Waals surface area contributed by atoms with Gasteiger partial charge in [-0.05, 0) is 23.8 Å². The number of benzene rings is 1. The van der Waals surface area contributed by atoms with Crippen LogP contribution in [0.5, 0.6) is 11.5 Å². The van der Waals surface area contributed by atoms with Crippen LogP contribution in [-0.2, 0) is 19.0 Å². The Bertz CT molecular complexity index is 707. The third-order valence-electron chi connectivity index (χ3n) is 4.13. The number of hydrogen-bond acceptors (Lipinski definition) is 11. The molecule has 0 unspecified atom stereocenters. The predicted octanol–water partition coefficient (Wildman–Crippen LogP) is -2.17. The van der Waals surface area contributed by atoms with Crippen molar-refractivity contribution in [2.24, 2.45) is 0 Å². The molecule has 162 valence electrons. The van der Waals surface area contributed by atoms with Crippen LogP contribution in [0, 0.1) is 0 Å². The molecule has 7 N–H and O–H groups in total. The molecule has 29 heavy (non-hydrogen) atoms. The molecule has 11 heteroatoms. The lowest BCUT2D eigenvalue weighted by Crippen LogP contribution is -2.59. The fourth-order valence-electron chi connectivity index (χ4n) is 2.47. The van der Waals surface area contributed by atoms with Crippen molar-refractivity contribution in [1.29, 1.82) is 0 Å². The zero-order chi connectivity index (χ0) is 21.6. The fourth-order valence-corrected chi connectivity index (χ4v) is 2.47. The van der Waals surface area contributed by atoms with E-state index < -0.39 is 62.6 Å². The van der Waals surface area contributed by atoms with E-state index in [2.05, 4.69) is 0 Å². The molecule has 0 spiro atoms. The molecule has 1 aliphatic heterocycles. The maximum Gasteiger partial charge on any atom is 0.330 e. The van der Waals surface area contributed by atoms with E-state index in [1.807, 2.05) is 0 Å². The van der Waals surface area contributed by atoms with Gasteiger partial charge in [0.1, 0.15) is 37.1 Å². The normalized spacial score (nSPS) is 28.4. The van der Waals surface area contributed by atoms with Crippen LogP contribution in [0.3, 0.4) is 0 Å². The second kappa shape index (κ2) is 10.5. The molecule has 0 amide bonds. The second-order valence-corrected chi connectivity index (χ2v) is 6.40. The van der Waals surface area contributed by atoms with Gasteiger partial charge in [0, 0.05) is 6.08 Å². The van der Waals surface area contributed by atoms with Gasteiger partial charge in [-0.2, -0.15) is 0 Å². The van der Waals surface area contributed by atoms with Crippen molar-refractivity contribution >= 4 is 12.0 Å². The number of phenols is 2. The van der Waals surface area contributed by atoms with E-state index in [4.69, 9.17) is 19.3 Å². The van der Waals surface area contributed by atoms with Gasteiger partial charge in [-0.1, -0.05) is 6.07 Å². The van der Waals surface area contributed by atoms with E-state index in [0.29, 0.717) is 5.56 Å². The highest BCUT2D eigenvalue weighted by molar-refractivity contribution is 5.87. The number of phenolic OH excluding ortho intramolecular Hbond substituents is 2. The minimum atomic E-state index is -1.65. The first-order valence-electron chi connectivity index (χ1n) is 8.70. The molecule has 0 saturated carbocycles. The molecule has 0 aromatic heterocycles. The number of hydrogen-bond donors (Lipinski definition) is 7. The summed E-state index contributed by atoms with van der Waals surface area (Å²) in [4.78, 5) is 11.8. The Morgan fingerprint density at radius 2 is 1.86 bits per heavy atom. The molecule has 6 atom stereocenters. The molecule has 0 aliphatic carbocycles. The number of aliphatic hydroxyl groups is 5. The second-order valence-electron chi connectivity index (χ2n) is 6.40. The largest absolute Gasteiger partial charge is 0.504 e. The van der Waals surface area contributed by atoms with Gasteiger partial charge in [-0.15, -0.1) is 0 Å². The highest BCUT2D eigenvalue weighted by atomic mass is 16.7. The van der Waals surface area contributed by atoms with Gasteiger partial charge in [0.25, 0.3) is 0 Å². The van der Waals surface area contributed by atoms with Gasteiger partial charge in [0.05, 0.1) is 13.2 Å². The monoisotopic (exact) mass is 416 g/mol. The Kier molecular flexibility index (Phi) is 8.34. The van der Waals surface area contributed by atoms with E-state index in [-0.39, 0.29) is 11.5 Å². The number of aromatic hydroxyl groups is 2. The third kappa shape index (κ3) is 6.37. The lowest BCUT2D eigenvalue weighted by Gasteiger charge is -2.40. The van der Waals surface area contributed by atoms with Crippen molar-refractivity contribution in [1.82, 2.24) is 0 Å². The SMILES string of the molecule is O=C(C=Cc1ccc(O)c(O)c1)OC[C@@H]1O[C@@H](OC[C@@H](O)CO)[C@H](O)[C@H](O)[C@H]1O. The Labute approximate surface area is 165 Å². The standard InChI is InChI=1S/C18H24O11/c19-6-10(20)7-28-18-17(26)16(25)15(24)13(29-18)8-27-14(23)4-2-9-1-3-11(21)12(22)5-9/h1-5,10,13,15-22,24-26H,6-8H2/t10-,13-,15-,16+,17+,18+/m0/s1. The Morgan fingerprint density at radius 1 is 1.14 bits per heavy atom. The van der Waals surface area contributed by atoms with Crippen LogP contribution in [0.15, 0.2) is 24.3 Å². The van der Waals surface area contributed by atoms with Crippen molar-refractivity contribution < 1.29 is 54.8 Å². The summed E-state index contributed by atoms with van der Waals surface area (Å²) >= 11 is 0. The molecule has 2 rings (SSSR count). The summed E-state index contributed by atoms with van der Waals surface area (Å²) in [6.45, 7) is -1.45.